The first-order valence-electron chi connectivity index (χ1n) is 11.3. The first-order chi connectivity index (χ1) is 16.0. The highest BCUT2D eigenvalue weighted by atomic mass is 16.2. The average Bonchev–Trinajstić information content (AvgIpc) is 3.42. The molecular weight excluding hydrogens is 414 g/mol. The van der Waals surface area contributed by atoms with Crippen LogP contribution in [0.5, 0.6) is 0 Å². The van der Waals surface area contributed by atoms with Gasteiger partial charge in [-0.3, -0.25) is 9.89 Å². The minimum Gasteiger partial charge on any atom is -0.355 e. The number of carbonyl (C=O) groups is 1. The van der Waals surface area contributed by atoms with Crippen molar-refractivity contribution in [1.29, 1.82) is 0 Å². The fourth-order valence-corrected chi connectivity index (χ4v) is 4.30. The molecular formula is C25H29N7O. The molecule has 8 nitrogen and oxygen atoms in total. The lowest BCUT2D eigenvalue weighted by atomic mass is 10.0. The van der Waals surface area contributed by atoms with Gasteiger partial charge in [0.25, 0.3) is 0 Å². The molecule has 0 bridgehead atoms. The number of rotatable bonds is 6. The lowest BCUT2D eigenvalue weighted by Crippen LogP contribution is -2.36. The van der Waals surface area contributed by atoms with Crippen molar-refractivity contribution in [3.63, 3.8) is 0 Å². The molecule has 0 spiro atoms. The van der Waals surface area contributed by atoms with Crippen molar-refractivity contribution in [3.8, 4) is 0 Å². The minimum absolute atomic E-state index is 0.216. The maximum absolute atomic E-state index is 12.4. The molecule has 170 valence electrons. The predicted octanol–water partition coefficient (Wildman–Crippen LogP) is 4.06. The summed E-state index contributed by atoms with van der Waals surface area (Å²) in [6.45, 7) is 4.20. The maximum Gasteiger partial charge on any atom is 0.224 e. The molecule has 3 N–H and O–H groups in total. The zero-order chi connectivity index (χ0) is 22.9. The van der Waals surface area contributed by atoms with E-state index in [1.165, 1.54) is 5.57 Å². The summed E-state index contributed by atoms with van der Waals surface area (Å²) in [7, 11) is 3.98. The van der Waals surface area contributed by atoms with Crippen molar-refractivity contribution in [2.75, 3.05) is 39.0 Å². The zero-order valence-electron chi connectivity index (χ0n) is 19.3. The number of aromatic amines is 2. The fourth-order valence-electron chi connectivity index (χ4n) is 4.30. The number of anilines is 2. The Kier molecular flexibility index (Phi) is 5.60. The Bertz CT molecular complexity index is 1350. The number of benzene rings is 1. The van der Waals surface area contributed by atoms with E-state index in [1.807, 2.05) is 55.2 Å². The van der Waals surface area contributed by atoms with Crippen LogP contribution in [0.4, 0.5) is 11.4 Å². The number of carbonyl (C=O) groups excluding carboxylic acids is 1. The molecule has 0 fully saturated rings. The van der Waals surface area contributed by atoms with Gasteiger partial charge in [-0.1, -0.05) is 6.08 Å². The summed E-state index contributed by atoms with van der Waals surface area (Å²) in [5.41, 5.74) is 7.16. The molecule has 1 aromatic carbocycles. The summed E-state index contributed by atoms with van der Waals surface area (Å²) in [5.74, 6) is 0.216. The van der Waals surface area contributed by atoms with Crippen LogP contribution in [0.25, 0.3) is 27.5 Å². The molecule has 0 saturated heterocycles. The Morgan fingerprint density at radius 3 is 2.88 bits per heavy atom. The highest BCUT2D eigenvalue weighted by Crippen LogP contribution is 2.31. The van der Waals surface area contributed by atoms with Gasteiger partial charge in [0, 0.05) is 60.1 Å². The number of hydrogen-bond donors (Lipinski definition) is 3. The number of pyridine rings is 1. The Morgan fingerprint density at radius 1 is 1.21 bits per heavy atom. The molecule has 1 aliphatic rings. The van der Waals surface area contributed by atoms with Gasteiger partial charge in [0.2, 0.25) is 5.91 Å². The number of hydrogen-bond acceptors (Lipinski definition) is 5. The Hall–Kier alpha value is -3.65. The second-order valence-electron chi connectivity index (χ2n) is 8.88. The van der Waals surface area contributed by atoms with Gasteiger partial charge in [-0.25, -0.2) is 4.98 Å². The van der Waals surface area contributed by atoms with Crippen LogP contribution >= 0.6 is 0 Å². The van der Waals surface area contributed by atoms with Gasteiger partial charge >= 0.3 is 0 Å². The molecule has 0 atom stereocenters. The molecule has 4 heterocycles. The number of aryl methyl sites for hydroxylation is 1. The van der Waals surface area contributed by atoms with E-state index in [2.05, 4.69) is 43.7 Å². The van der Waals surface area contributed by atoms with E-state index in [4.69, 9.17) is 0 Å². The van der Waals surface area contributed by atoms with Crippen molar-refractivity contribution in [1.82, 2.24) is 30.0 Å². The molecule has 1 aliphatic heterocycles. The molecule has 1 amide bonds. The van der Waals surface area contributed by atoms with Crippen LogP contribution in [-0.4, -0.2) is 69.6 Å². The van der Waals surface area contributed by atoms with Crippen LogP contribution in [0, 0.1) is 6.92 Å². The second kappa shape index (κ2) is 8.71. The third-order valence-electron chi connectivity index (χ3n) is 6.24. The first kappa shape index (κ1) is 21.2. The van der Waals surface area contributed by atoms with Crippen LogP contribution in [0.1, 0.15) is 24.2 Å². The van der Waals surface area contributed by atoms with Gasteiger partial charge in [-0.2, -0.15) is 5.10 Å². The topological polar surface area (TPSA) is 92.9 Å². The van der Waals surface area contributed by atoms with Gasteiger partial charge < -0.3 is 20.1 Å². The maximum atomic E-state index is 12.4. The quantitative estimate of drug-likeness (QED) is 0.418. The van der Waals surface area contributed by atoms with E-state index >= 15 is 0 Å². The lowest BCUT2D eigenvalue weighted by molar-refractivity contribution is -0.131. The largest absolute Gasteiger partial charge is 0.355 e. The SMILES string of the molecule is Cc1[nH]nc2ccc(Nc3ccnc4[nH]c(C5=CCN(C(=O)CCN(C)C)CC5)cc34)cc12. The van der Waals surface area contributed by atoms with E-state index < -0.39 is 0 Å². The van der Waals surface area contributed by atoms with Crippen molar-refractivity contribution >= 4 is 44.8 Å². The standard InChI is InChI=1S/C25H29N7O/c1-16-19-14-18(4-5-22(19)30-29-16)27-21-6-10-26-25-20(21)15-23(28-25)17-7-12-32(13-8-17)24(33)9-11-31(2)3/h4-7,10,14-15H,8-9,11-13H2,1-3H3,(H,29,30)(H2,26,27,28). The van der Waals surface area contributed by atoms with Gasteiger partial charge in [0.1, 0.15) is 5.65 Å². The Balaban J connectivity index is 1.35. The van der Waals surface area contributed by atoms with Gasteiger partial charge in [-0.15, -0.1) is 0 Å². The van der Waals surface area contributed by atoms with Crippen molar-refractivity contribution < 1.29 is 4.79 Å². The normalized spacial score (nSPS) is 14.3. The summed E-state index contributed by atoms with van der Waals surface area (Å²) in [4.78, 5) is 24.4. The summed E-state index contributed by atoms with van der Waals surface area (Å²) < 4.78 is 0. The second-order valence-corrected chi connectivity index (χ2v) is 8.88. The molecule has 8 heteroatoms. The smallest absolute Gasteiger partial charge is 0.224 e. The summed E-state index contributed by atoms with van der Waals surface area (Å²) >= 11 is 0. The molecule has 0 radical (unpaired) electrons. The molecule has 5 rings (SSSR count). The fraction of sp³-hybridized carbons (Fsp3) is 0.320. The third-order valence-corrected chi connectivity index (χ3v) is 6.24. The van der Waals surface area contributed by atoms with E-state index in [0.29, 0.717) is 13.0 Å². The molecule has 0 saturated carbocycles. The van der Waals surface area contributed by atoms with Crippen molar-refractivity contribution in [2.24, 2.45) is 0 Å². The Labute approximate surface area is 192 Å². The number of aromatic nitrogens is 4. The number of H-pyrrole nitrogens is 2. The predicted molar refractivity (Wildman–Crippen MR) is 133 cm³/mol. The summed E-state index contributed by atoms with van der Waals surface area (Å²) in [6, 6.07) is 10.3. The van der Waals surface area contributed by atoms with Crippen LogP contribution in [0.15, 0.2) is 42.6 Å². The number of fused-ring (bicyclic) bond motifs is 2. The number of amides is 1. The van der Waals surface area contributed by atoms with Crippen molar-refractivity contribution in [2.45, 2.75) is 19.8 Å². The summed E-state index contributed by atoms with van der Waals surface area (Å²) in [5, 5.41) is 13.0. The zero-order valence-corrected chi connectivity index (χ0v) is 19.3. The Morgan fingerprint density at radius 2 is 2.09 bits per heavy atom. The third kappa shape index (κ3) is 4.34. The molecule has 4 aromatic rings. The van der Waals surface area contributed by atoms with E-state index in [9.17, 15) is 4.79 Å². The highest BCUT2D eigenvalue weighted by Gasteiger charge is 2.19. The van der Waals surface area contributed by atoms with Gasteiger partial charge in [-0.05, 0) is 63.3 Å². The summed E-state index contributed by atoms with van der Waals surface area (Å²) in [6.07, 6.45) is 5.36. The number of nitrogens with one attached hydrogen (secondary N) is 3. The van der Waals surface area contributed by atoms with Crippen LogP contribution in [0.3, 0.4) is 0 Å². The van der Waals surface area contributed by atoms with Crippen LogP contribution in [0.2, 0.25) is 0 Å². The number of nitrogens with zero attached hydrogens (tertiary/aromatic N) is 4. The highest BCUT2D eigenvalue weighted by molar-refractivity contribution is 5.95. The minimum atomic E-state index is 0.216. The van der Waals surface area contributed by atoms with Crippen LogP contribution in [-0.2, 0) is 4.79 Å². The van der Waals surface area contributed by atoms with E-state index in [1.54, 1.807) is 0 Å². The first-order valence-corrected chi connectivity index (χ1v) is 11.3. The lowest BCUT2D eigenvalue weighted by Gasteiger charge is -2.26. The monoisotopic (exact) mass is 443 g/mol. The van der Waals surface area contributed by atoms with Crippen molar-refractivity contribution in [3.05, 3.63) is 54.0 Å². The van der Waals surface area contributed by atoms with Crippen LogP contribution < -0.4 is 5.32 Å². The average molecular weight is 444 g/mol. The molecule has 33 heavy (non-hydrogen) atoms. The molecule has 3 aromatic heterocycles. The van der Waals surface area contributed by atoms with E-state index in [-0.39, 0.29) is 5.91 Å². The van der Waals surface area contributed by atoms with Gasteiger partial charge in [0.05, 0.1) is 11.2 Å². The van der Waals surface area contributed by atoms with E-state index in [0.717, 1.165) is 64.2 Å². The molecule has 0 aliphatic carbocycles. The molecule has 0 unspecified atom stereocenters. The van der Waals surface area contributed by atoms with Gasteiger partial charge in [0.15, 0.2) is 0 Å².